The smallest absolute Gasteiger partial charge is 0.256 e. The van der Waals surface area contributed by atoms with E-state index in [1.165, 1.54) is 12.3 Å². The molecule has 0 saturated heterocycles. The van der Waals surface area contributed by atoms with Crippen LogP contribution in [0.4, 0.5) is 17.6 Å². The molecule has 1 nitrogen and oxygen atoms in total. The fraction of sp³-hybridized carbons (Fsp3) is 0.214. The first-order chi connectivity index (χ1) is 8.91. The summed E-state index contributed by atoms with van der Waals surface area (Å²) in [7, 11) is 0. The molecule has 5 heteroatoms. The Bertz CT molecular complexity index is 590. The number of hydrogen-bond donors (Lipinski definition) is 0. The lowest BCUT2D eigenvalue weighted by Gasteiger charge is -2.10. The largest absolute Gasteiger partial charge is 0.419 e. The van der Waals surface area contributed by atoms with Crippen molar-refractivity contribution in [2.45, 2.75) is 19.5 Å². The van der Waals surface area contributed by atoms with E-state index in [0.29, 0.717) is 5.69 Å². The summed E-state index contributed by atoms with van der Waals surface area (Å²) in [6.45, 7) is 1.94. The normalized spacial score (nSPS) is 11.6. The third-order valence-corrected chi connectivity index (χ3v) is 2.80. The van der Waals surface area contributed by atoms with Gasteiger partial charge in [0.2, 0.25) is 0 Å². The van der Waals surface area contributed by atoms with Gasteiger partial charge in [0, 0.05) is 11.8 Å². The van der Waals surface area contributed by atoms with Gasteiger partial charge in [-0.15, -0.1) is 0 Å². The summed E-state index contributed by atoms with van der Waals surface area (Å²) < 4.78 is 51.1. The van der Waals surface area contributed by atoms with Crippen LogP contribution in [0.5, 0.6) is 0 Å². The fourth-order valence-corrected chi connectivity index (χ4v) is 1.75. The number of aromatic nitrogens is 1. The Balaban J connectivity index is 2.51. The number of benzene rings is 1. The summed E-state index contributed by atoms with van der Waals surface area (Å²) in [4.78, 5) is 4.02. The van der Waals surface area contributed by atoms with Crippen LogP contribution in [0.25, 0.3) is 11.3 Å². The average molecular weight is 269 g/mol. The average Bonchev–Trinajstić information content (AvgIpc) is 2.38. The third-order valence-electron chi connectivity index (χ3n) is 2.80. The van der Waals surface area contributed by atoms with Gasteiger partial charge in [0.1, 0.15) is 5.82 Å². The van der Waals surface area contributed by atoms with Crippen LogP contribution < -0.4 is 0 Å². The molecule has 1 aromatic carbocycles. The zero-order valence-electron chi connectivity index (χ0n) is 10.1. The van der Waals surface area contributed by atoms with Crippen LogP contribution in [-0.4, -0.2) is 4.98 Å². The Morgan fingerprint density at radius 2 is 1.84 bits per heavy atom. The predicted octanol–water partition coefficient (Wildman–Crippen LogP) is 4.47. The van der Waals surface area contributed by atoms with Gasteiger partial charge in [0.25, 0.3) is 0 Å². The molecule has 0 aliphatic rings. The molecule has 0 saturated carbocycles. The molecule has 1 aromatic heterocycles. The number of hydrogen-bond acceptors (Lipinski definition) is 1. The zero-order valence-corrected chi connectivity index (χ0v) is 10.1. The lowest BCUT2D eigenvalue weighted by Crippen LogP contribution is -2.08. The minimum atomic E-state index is -4.71. The van der Waals surface area contributed by atoms with E-state index in [-0.39, 0.29) is 5.56 Å². The molecular weight excluding hydrogens is 258 g/mol. The highest BCUT2D eigenvalue weighted by molar-refractivity contribution is 5.61. The van der Waals surface area contributed by atoms with Crippen LogP contribution >= 0.6 is 0 Å². The number of rotatable bonds is 2. The summed E-state index contributed by atoms with van der Waals surface area (Å²) >= 11 is 0. The SMILES string of the molecule is CCc1ccnc(-c2ccc(F)c(C(F)(F)F)c2)c1. The van der Waals surface area contributed by atoms with Gasteiger partial charge in [-0.2, -0.15) is 13.2 Å². The number of aryl methyl sites for hydroxylation is 1. The van der Waals surface area contributed by atoms with Crippen LogP contribution in [-0.2, 0) is 12.6 Å². The van der Waals surface area contributed by atoms with Gasteiger partial charge in [-0.25, -0.2) is 4.39 Å². The first-order valence-corrected chi connectivity index (χ1v) is 5.74. The van der Waals surface area contributed by atoms with Crippen LogP contribution in [0.3, 0.4) is 0 Å². The molecule has 0 radical (unpaired) electrons. The van der Waals surface area contributed by atoms with Gasteiger partial charge in [0.05, 0.1) is 11.3 Å². The molecule has 0 amide bonds. The molecule has 0 fully saturated rings. The van der Waals surface area contributed by atoms with Gasteiger partial charge >= 0.3 is 6.18 Å². The van der Waals surface area contributed by atoms with E-state index >= 15 is 0 Å². The van der Waals surface area contributed by atoms with Crippen molar-refractivity contribution < 1.29 is 17.6 Å². The highest BCUT2D eigenvalue weighted by Crippen LogP contribution is 2.33. The molecule has 2 rings (SSSR count). The fourth-order valence-electron chi connectivity index (χ4n) is 1.75. The monoisotopic (exact) mass is 269 g/mol. The van der Waals surface area contributed by atoms with Crippen LogP contribution in [0.1, 0.15) is 18.1 Å². The molecular formula is C14H11F4N. The Hall–Kier alpha value is -1.91. The Labute approximate surface area is 107 Å². The molecule has 0 atom stereocenters. The highest BCUT2D eigenvalue weighted by atomic mass is 19.4. The number of halogens is 4. The van der Waals surface area contributed by atoms with Crippen molar-refractivity contribution in [1.82, 2.24) is 4.98 Å². The molecule has 1 heterocycles. The molecule has 2 aromatic rings. The topological polar surface area (TPSA) is 12.9 Å². The Kier molecular flexibility index (Phi) is 3.55. The van der Waals surface area contributed by atoms with Crippen LogP contribution in [0.15, 0.2) is 36.5 Å². The van der Waals surface area contributed by atoms with E-state index in [0.717, 1.165) is 24.1 Å². The molecule has 100 valence electrons. The molecule has 0 bridgehead atoms. The predicted molar refractivity (Wildman–Crippen MR) is 64.0 cm³/mol. The van der Waals surface area contributed by atoms with E-state index in [2.05, 4.69) is 4.98 Å². The van der Waals surface area contributed by atoms with Gasteiger partial charge in [0.15, 0.2) is 0 Å². The summed E-state index contributed by atoms with van der Waals surface area (Å²) in [5.41, 5.74) is 0.352. The number of pyridine rings is 1. The maximum absolute atomic E-state index is 13.2. The Morgan fingerprint density at radius 1 is 1.11 bits per heavy atom. The minimum absolute atomic E-state index is 0.254. The quantitative estimate of drug-likeness (QED) is 0.733. The Morgan fingerprint density at radius 3 is 2.47 bits per heavy atom. The third kappa shape index (κ3) is 2.92. The molecule has 0 unspecified atom stereocenters. The van der Waals surface area contributed by atoms with Crippen LogP contribution in [0, 0.1) is 5.82 Å². The number of nitrogens with zero attached hydrogens (tertiary/aromatic N) is 1. The first-order valence-electron chi connectivity index (χ1n) is 5.74. The van der Waals surface area contributed by atoms with E-state index in [1.54, 1.807) is 12.1 Å². The maximum Gasteiger partial charge on any atom is 0.419 e. The maximum atomic E-state index is 13.2. The minimum Gasteiger partial charge on any atom is -0.256 e. The second kappa shape index (κ2) is 4.99. The number of alkyl halides is 3. The zero-order chi connectivity index (χ0) is 14.0. The van der Waals surface area contributed by atoms with Crippen molar-refractivity contribution in [3.63, 3.8) is 0 Å². The second-order valence-electron chi connectivity index (χ2n) is 4.10. The first kappa shape index (κ1) is 13.5. The van der Waals surface area contributed by atoms with Crippen molar-refractivity contribution in [2.75, 3.05) is 0 Å². The lowest BCUT2D eigenvalue weighted by molar-refractivity contribution is -0.139. The molecule has 0 N–H and O–H groups in total. The van der Waals surface area contributed by atoms with Crippen molar-refractivity contribution in [2.24, 2.45) is 0 Å². The summed E-state index contributed by atoms with van der Waals surface area (Å²) in [6, 6.07) is 6.40. The van der Waals surface area contributed by atoms with Crippen molar-refractivity contribution in [3.8, 4) is 11.3 Å². The van der Waals surface area contributed by atoms with E-state index in [9.17, 15) is 17.6 Å². The van der Waals surface area contributed by atoms with E-state index < -0.39 is 17.6 Å². The van der Waals surface area contributed by atoms with Crippen LogP contribution in [0.2, 0.25) is 0 Å². The summed E-state index contributed by atoms with van der Waals surface area (Å²) in [5.74, 6) is -1.28. The van der Waals surface area contributed by atoms with E-state index in [4.69, 9.17) is 0 Å². The second-order valence-corrected chi connectivity index (χ2v) is 4.10. The molecule has 19 heavy (non-hydrogen) atoms. The van der Waals surface area contributed by atoms with Gasteiger partial charge in [-0.05, 0) is 42.3 Å². The highest BCUT2D eigenvalue weighted by Gasteiger charge is 2.34. The van der Waals surface area contributed by atoms with Crippen molar-refractivity contribution >= 4 is 0 Å². The molecule has 0 aliphatic heterocycles. The van der Waals surface area contributed by atoms with Gasteiger partial charge < -0.3 is 0 Å². The lowest BCUT2D eigenvalue weighted by atomic mass is 10.0. The molecule has 0 aliphatic carbocycles. The summed E-state index contributed by atoms with van der Waals surface area (Å²) in [5, 5.41) is 0. The van der Waals surface area contributed by atoms with Crippen molar-refractivity contribution in [1.29, 1.82) is 0 Å². The molecule has 0 spiro atoms. The van der Waals surface area contributed by atoms with E-state index in [1.807, 2.05) is 6.92 Å². The van der Waals surface area contributed by atoms with Gasteiger partial charge in [-0.3, -0.25) is 4.98 Å². The van der Waals surface area contributed by atoms with Gasteiger partial charge in [-0.1, -0.05) is 6.92 Å². The van der Waals surface area contributed by atoms with Crippen molar-refractivity contribution in [3.05, 3.63) is 53.5 Å². The standard InChI is InChI=1S/C14H11F4N/c1-2-9-5-6-19-13(7-9)10-3-4-12(15)11(8-10)14(16,17)18/h3-8H,2H2,1H3. The summed E-state index contributed by atoms with van der Waals surface area (Å²) in [6.07, 6.45) is -2.42.